The van der Waals surface area contributed by atoms with E-state index < -0.39 is 15.7 Å². The van der Waals surface area contributed by atoms with Crippen LogP contribution in [0.15, 0.2) is 46.7 Å². The van der Waals surface area contributed by atoms with Crippen molar-refractivity contribution in [3.8, 4) is 5.75 Å². The standard InChI is InChI=1S/C18H16ClNO4S/c1-2-8-24-16-6-4-13(19)10-15(16)18(21)20-14-5-3-12-7-9-25(22,23)17(12)11-14/h3-7,9-11H,2,8H2,1H3,(H,20,21). The molecular weight excluding hydrogens is 362 g/mol. The van der Waals surface area contributed by atoms with Gasteiger partial charge in [0, 0.05) is 16.1 Å². The summed E-state index contributed by atoms with van der Waals surface area (Å²) in [4.78, 5) is 12.8. The third-order valence-electron chi connectivity index (χ3n) is 3.65. The number of ether oxygens (including phenoxy) is 1. The number of hydrogen-bond acceptors (Lipinski definition) is 4. The molecule has 0 saturated carbocycles. The molecule has 1 aliphatic heterocycles. The van der Waals surface area contributed by atoms with Gasteiger partial charge in [0.05, 0.1) is 17.1 Å². The van der Waals surface area contributed by atoms with E-state index in [4.69, 9.17) is 16.3 Å². The van der Waals surface area contributed by atoms with Crippen LogP contribution in [0.4, 0.5) is 5.69 Å². The number of anilines is 1. The van der Waals surface area contributed by atoms with Crippen molar-refractivity contribution in [2.75, 3.05) is 11.9 Å². The quantitative estimate of drug-likeness (QED) is 0.849. The molecule has 25 heavy (non-hydrogen) atoms. The molecule has 0 saturated heterocycles. The van der Waals surface area contributed by atoms with Crippen molar-refractivity contribution >= 4 is 39.1 Å². The van der Waals surface area contributed by atoms with Gasteiger partial charge in [0.1, 0.15) is 5.75 Å². The van der Waals surface area contributed by atoms with Crippen LogP contribution in [-0.4, -0.2) is 20.9 Å². The molecule has 1 aliphatic rings. The maximum absolute atomic E-state index is 12.6. The second kappa shape index (κ2) is 6.90. The lowest BCUT2D eigenvalue weighted by Gasteiger charge is -2.12. The first kappa shape index (κ1) is 17.5. The van der Waals surface area contributed by atoms with E-state index in [1.165, 1.54) is 18.2 Å². The molecule has 1 N–H and O–H groups in total. The lowest BCUT2D eigenvalue weighted by Crippen LogP contribution is -2.14. The molecule has 0 radical (unpaired) electrons. The molecule has 1 heterocycles. The van der Waals surface area contributed by atoms with Crippen molar-refractivity contribution in [3.05, 3.63) is 58.0 Å². The fourth-order valence-electron chi connectivity index (χ4n) is 2.45. The molecule has 3 rings (SSSR count). The number of halogens is 1. The van der Waals surface area contributed by atoms with Crippen molar-refractivity contribution in [1.29, 1.82) is 0 Å². The Morgan fingerprint density at radius 3 is 2.76 bits per heavy atom. The monoisotopic (exact) mass is 377 g/mol. The molecule has 1 amide bonds. The minimum atomic E-state index is -3.43. The fourth-order valence-corrected chi connectivity index (χ4v) is 3.85. The normalized spacial score (nSPS) is 14.2. The van der Waals surface area contributed by atoms with Crippen LogP contribution in [0, 0.1) is 0 Å². The predicted molar refractivity (Wildman–Crippen MR) is 97.9 cm³/mol. The van der Waals surface area contributed by atoms with E-state index in [0.29, 0.717) is 34.2 Å². The topological polar surface area (TPSA) is 72.5 Å². The summed E-state index contributed by atoms with van der Waals surface area (Å²) in [6, 6.07) is 9.56. The number of nitrogens with one attached hydrogen (secondary N) is 1. The van der Waals surface area contributed by atoms with Gasteiger partial charge < -0.3 is 10.1 Å². The molecule has 2 aromatic rings. The molecular formula is C18H16ClNO4S. The van der Waals surface area contributed by atoms with Gasteiger partial charge >= 0.3 is 0 Å². The highest BCUT2D eigenvalue weighted by atomic mass is 35.5. The van der Waals surface area contributed by atoms with E-state index in [1.54, 1.807) is 24.3 Å². The first-order valence-corrected chi connectivity index (χ1v) is 9.64. The summed E-state index contributed by atoms with van der Waals surface area (Å²) in [7, 11) is -3.43. The number of carbonyl (C=O) groups is 1. The highest BCUT2D eigenvalue weighted by Gasteiger charge is 2.21. The Morgan fingerprint density at radius 2 is 2.00 bits per heavy atom. The van der Waals surface area contributed by atoms with Crippen LogP contribution in [0.1, 0.15) is 29.3 Å². The van der Waals surface area contributed by atoms with Crippen LogP contribution in [0.2, 0.25) is 5.02 Å². The molecule has 5 nitrogen and oxygen atoms in total. The summed E-state index contributed by atoms with van der Waals surface area (Å²) in [6.45, 7) is 2.44. The average Bonchev–Trinajstić information content (AvgIpc) is 2.88. The Hall–Kier alpha value is -2.31. The Balaban J connectivity index is 1.88. The Kier molecular flexibility index (Phi) is 4.83. The minimum absolute atomic E-state index is 0.179. The first-order chi connectivity index (χ1) is 11.9. The zero-order valence-electron chi connectivity index (χ0n) is 13.5. The molecule has 2 aromatic carbocycles. The summed E-state index contributed by atoms with van der Waals surface area (Å²) in [5.74, 6) is 0.0103. The average molecular weight is 378 g/mol. The Bertz CT molecular complexity index is 967. The number of hydrogen-bond donors (Lipinski definition) is 1. The van der Waals surface area contributed by atoms with E-state index in [0.717, 1.165) is 11.8 Å². The number of fused-ring (bicyclic) bond motifs is 1. The Morgan fingerprint density at radius 1 is 1.20 bits per heavy atom. The number of carbonyl (C=O) groups excluding carboxylic acids is 1. The summed E-state index contributed by atoms with van der Waals surface area (Å²) in [5.41, 5.74) is 1.28. The fraction of sp³-hybridized carbons (Fsp3) is 0.167. The first-order valence-electron chi connectivity index (χ1n) is 7.71. The van der Waals surface area contributed by atoms with Crippen molar-refractivity contribution in [2.45, 2.75) is 18.2 Å². The lowest BCUT2D eigenvalue weighted by atomic mass is 10.1. The summed E-state index contributed by atoms with van der Waals surface area (Å²) >= 11 is 5.99. The van der Waals surface area contributed by atoms with Crippen LogP contribution in [0.25, 0.3) is 6.08 Å². The molecule has 0 aliphatic carbocycles. The maximum atomic E-state index is 12.6. The van der Waals surface area contributed by atoms with Crippen molar-refractivity contribution in [3.63, 3.8) is 0 Å². The largest absolute Gasteiger partial charge is 0.493 e. The second-order valence-electron chi connectivity index (χ2n) is 5.54. The molecule has 0 unspecified atom stereocenters. The van der Waals surface area contributed by atoms with Gasteiger partial charge in [-0.3, -0.25) is 4.79 Å². The summed E-state index contributed by atoms with van der Waals surface area (Å²) in [6.07, 6.45) is 2.34. The molecule has 0 aromatic heterocycles. The third kappa shape index (κ3) is 3.70. The zero-order chi connectivity index (χ0) is 18.0. The summed E-state index contributed by atoms with van der Waals surface area (Å²) < 4.78 is 29.5. The minimum Gasteiger partial charge on any atom is -0.493 e. The maximum Gasteiger partial charge on any atom is 0.259 e. The van der Waals surface area contributed by atoms with E-state index in [1.807, 2.05) is 6.92 Å². The van der Waals surface area contributed by atoms with E-state index in [2.05, 4.69) is 5.32 Å². The van der Waals surface area contributed by atoms with Gasteiger partial charge in [-0.25, -0.2) is 8.42 Å². The van der Waals surface area contributed by atoms with Crippen LogP contribution in [0.5, 0.6) is 5.75 Å². The molecule has 0 fully saturated rings. The van der Waals surface area contributed by atoms with Crippen molar-refractivity contribution in [2.24, 2.45) is 0 Å². The smallest absolute Gasteiger partial charge is 0.259 e. The predicted octanol–water partition coefficient (Wildman–Crippen LogP) is 4.14. The van der Waals surface area contributed by atoms with Gasteiger partial charge in [-0.15, -0.1) is 0 Å². The Labute approximate surface area is 151 Å². The van der Waals surface area contributed by atoms with Gasteiger partial charge in [-0.1, -0.05) is 24.6 Å². The zero-order valence-corrected chi connectivity index (χ0v) is 15.0. The number of amides is 1. The molecule has 7 heteroatoms. The van der Waals surface area contributed by atoms with Gasteiger partial charge in [0.15, 0.2) is 0 Å². The van der Waals surface area contributed by atoms with Gasteiger partial charge in [0.2, 0.25) is 9.84 Å². The van der Waals surface area contributed by atoms with Crippen LogP contribution < -0.4 is 10.1 Å². The number of benzene rings is 2. The third-order valence-corrected chi connectivity index (χ3v) is 5.35. The van der Waals surface area contributed by atoms with Crippen LogP contribution in [0.3, 0.4) is 0 Å². The van der Waals surface area contributed by atoms with Gasteiger partial charge in [-0.2, -0.15) is 0 Å². The van der Waals surface area contributed by atoms with E-state index in [-0.39, 0.29) is 4.90 Å². The van der Waals surface area contributed by atoms with E-state index >= 15 is 0 Å². The van der Waals surface area contributed by atoms with Crippen molar-refractivity contribution < 1.29 is 17.9 Å². The number of sulfone groups is 1. The lowest BCUT2D eigenvalue weighted by molar-refractivity contribution is 0.102. The highest BCUT2D eigenvalue weighted by Crippen LogP contribution is 2.30. The summed E-state index contributed by atoms with van der Waals surface area (Å²) in [5, 5.41) is 4.26. The molecule has 0 bridgehead atoms. The molecule has 0 spiro atoms. The van der Waals surface area contributed by atoms with E-state index in [9.17, 15) is 13.2 Å². The van der Waals surface area contributed by atoms with Crippen LogP contribution in [-0.2, 0) is 9.84 Å². The SMILES string of the molecule is CCCOc1ccc(Cl)cc1C(=O)Nc1ccc2c(c1)S(=O)(=O)C=C2. The highest BCUT2D eigenvalue weighted by molar-refractivity contribution is 7.94. The molecule has 0 atom stereocenters. The molecule has 130 valence electrons. The van der Waals surface area contributed by atoms with Crippen LogP contribution >= 0.6 is 11.6 Å². The second-order valence-corrected chi connectivity index (χ2v) is 7.78. The van der Waals surface area contributed by atoms with Gasteiger partial charge in [0.25, 0.3) is 5.91 Å². The van der Waals surface area contributed by atoms with Gasteiger partial charge in [-0.05, 0) is 48.4 Å². The number of rotatable bonds is 5. The van der Waals surface area contributed by atoms with Crippen molar-refractivity contribution in [1.82, 2.24) is 0 Å².